The summed E-state index contributed by atoms with van der Waals surface area (Å²) in [5.41, 5.74) is 0.708. The normalized spacial score (nSPS) is 16.8. The second-order valence-corrected chi connectivity index (χ2v) is 6.06. The quantitative estimate of drug-likeness (QED) is 0.794. The molecule has 0 saturated heterocycles. The van der Waals surface area contributed by atoms with Crippen molar-refractivity contribution in [2.45, 2.75) is 38.9 Å². The first-order valence-corrected chi connectivity index (χ1v) is 6.99. The van der Waals surface area contributed by atoms with Gasteiger partial charge in [0.2, 0.25) is 0 Å². The molecule has 0 fully saturated rings. The number of carbonyl (C=O) groups is 2. The number of anilines is 2. The van der Waals surface area contributed by atoms with E-state index in [1.54, 1.807) is 39.0 Å². The largest absolute Gasteiger partial charge is 0.486 e. The van der Waals surface area contributed by atoms with Crippen LogP contribution in [0.3, 0.4) is 0 Å². The summed E-state index contributed by atoms with van der Waals surface area (Å²) in [6.45, 7) is 5.77. The van der Waals surface area contributed by atoms with Crippen LogP contribution < -0.4 is 15.4 Å². The zero-order valence-corrected chi connectivity index (χ0v) is 12.8. The molecule has 2 rings (SSSR count). The summed E-state index contributed by atoms with van der Waals surface area (Å²) in [4.78, 5) is 22.4. The number of carboxylic acids is 1. The van der Waals surface area contributed by atoms with Crippen molar-refractivity contribution in [1.82, 2.24) is 0 Å². The van der Waals surface area contributed by atoms with Crippen LogP contribution in [-0.2, 0) is 9.53 Å². The lowest BCUT2D eigenvalue weighted by atomic mass is 10.1. The summed E-state index contributed by atoms with van der Waals surface area (Å²) in [7, 11) is 0. The Balaban J connectivity index is 2.01. The van der Waals surface area contributed by atoms with Gasteiger partial charge in [-0.25, -0.2) is 4.79 Å². The van der Waals surface area contributed by atoms with Gasteiger partial charge in [-0.2, -0.15) is 0 Å². The number of fused-ring (bicyclic) bond motifs is 1. The summed E-state index contributed by atoms with van der Waals surface area (Å²) in [5.74, 6) is -0.342. The standard InChI is InChI=1S/C15H20N2O5/c1-15(2,3)22-14(20)17-9-4-5-12-11(6-9)16-8-10(21-12)7-13(18)19/h4-6,10,16H,7-8H2,1-3H3,(H,17,20)(H,18,19)/t10-/m0/s1. The number of hydrogen-bond acceptors (Lipinski definition) is 5. The molecule has 1 atom stereocenters. The molecule has 1 aromatic carbocycles. The van der Waals surface area contributed by atoms with E-state index in [-0.39, 0.29) is 6.42 Å². The fourth-order valence-corrected chi connectivity index (χ4v) is 2.02. The van der Waals surface area contributed by atoms with Crippen molar-refractivity contribution in [3.05, 3.63) is 18.2 Å². The molecule has 0 spiro atoms. The Morgan fingerprint density at radius 1 is 1.45 bits per heavy atom. The Kier molecular flexibility index (Phi) is 4.44. The van der Waals surface area contributed by atoms with E-state index in [0.29, 0.717) is 23.7 Å². The van der Waals surface area contributed by atoms with Gasteiger partial charge in [0.05, 0.1) is 18.7 Å². The Labute approximate surface area is 128 Å². The van der Waals surface area contributed by atoms with Crippen molar-refractivity contribution < 1.29 is 24.2 Å². The molecule has 1 aliphatic rings. The van der Waals surface area contributed by atoms with Gasteiger partial charge in [-0.15, -0.1) is 0 Å². The predicted octanol–water partition coefficient (Wildman–Crippen LogP) is 2.68. The third-order valence-electron chi connectivity index (χ3n) is 2.84. The number of ether oxygens (including phenoxy) is 2. The van der Waals surface area contributed by atoms with E-state index >= 15 is 0 Å². The number of nitrogens with one attached hydrogen (secondary N) is 2. The van der Waals surface area contributed by atoms with E-state index in [1.807, 2.05) is 0 Å². The molecule has 0 saturated carbocycles. The fourth-order valence-electron chi connectivity index (χ4n) is 2.02. The zero-order valence-electron chi connectivity index (χ0n) is 12.8. The van der Waals surface area contributed by atoms with Gasteiger partial charge in [0.15, 0.2) is 0 Å². The van der Waals surface area contributed by atoms with Gasteiger partial charge in [0, 0.05) is 5.69 Å². The highest BCUT2D eigenvalue weighted by Gasteiger charge is 2.22. The lowest BCUT2D eigenvalue weighted by Crippen LogP contribution is -2.32. The minimum Gasteiger partial charge on any atom is -0.486 e. The van der Waals surface area contributed by atoms with Crippen LogP contribution >= 0.6 is 0 Å². The summed E-state index contributed by atoms with van der Waals surface area (Å²) in [6.07, 6.45) is -1.01. The Bertz CT molecular complexity index is 580. The van der Waals surface area contributed by atoms with Crippen LogP contribution in [0, 0.1) is 0 Å². The Morgan fingerprint density at radius 3 is 2.82 bits per heavy atom. The molecule has 1 aromatic rings. The van der Waals surface area contributed by atoms with E-state index in [0.717, 1.165) is 0 Å². The molecule has 120 valence electrons. The topological polar surface area (TPSA) is 96.9 Å². The lowest BCUT2D eigenvalue weighted by molar-refractivity contribution is -0.138. The molecule has 0 bridgehead atoms. The molecule has 22 heavy (non-hydrogen) atoms. The number of aliphatic carboxylic acids is 1. The smallest absolute Gasteiger partial charge is 0.412 e. The lowest BCUT2D eigenvalue weighted by Gasteiger charge is -2.27. The molecule has 0 aliphatic carbocycles. The van der Waals surface area contributed by atoms with Crippen LogP contribution in [0.25, 0.3) is 0 Å². The molecule has 0 aromatic heterocycles. The maximum absolute atomic E-state index is 11.7. The van der Waals surface area contributed by atoms with Crippen LogP contribution in [0.5, 0.6) is 5.75 Å². The molecule has 0 radical (unpaired) electrons. The summed E-state index contributed by atoms with van der Waals surface area (Å²) in [6, 6.07) is 5.08. The number of benzene rings is 1. The van der Waals surface area contributed by atoms with Crippen molar-refractivity contribution in [2.75, 3.05) is 17.2 Å². The highest BCUT2D eigenvalue weighted by atomic mass is 16.6. The van der Waals surface area contributed by atoms with Gasteiger partial charge in [-0.1, -0.05) is 0 Å². The van der Waals surface area contributed by atoms with E-state index in [1.165, 1.54) is 0 Å². The van der Waals surface area contributed by atoms with Crippen molar-refractivity contribution in [3.8, 4) is 5.75 Å². The summed E-state index contributed by atoms with van der Waals surface area (Å²) in [5, 5.41) is 14.5. The molecule has 0 unspecified atom stereocenters. The maximum atomic E-state index is 11.7. The number of rotatable bonds is 3. The minimum atomic E-state index is -0.904. The number of carbonyl (C=O) groups excluding carboxylic acids is 1. The highest BCUT2D eigenvalue weighted by Crippen LogP contribution is 2.32. The van der Waals surface area contributed by atoms with Gasteiger partial charge in [0.25, 0.3) is 0 Å². The van der Waals surface area contributed by atoms with Gasteiger partial charge >= 0.3 is 12.1 Å². The fraction of sp³-hybridized carbons (Fsp3) is 0.467. The molecule has 1 amide bonds. The van der Waals surface area contributed by atoms with E-state index in [9.17, 15) is 9.59 Å². The van der Waals surface area contributed by atoms with Crippen molar-refractivity contribution in [3.63, 3.8) is 0 Å². The molecule has 1 heterocycles. The van der Waals surface area contributed by atoms with E-state index in [4.69, 9.17) is 14.6 Å². The molecular weight excluding hydrogens is 288 g/mol. The van der Waals surface area contributed by atoms with Crippen LogP contribution in [0.1, 0.15) is 27.2 Å². The average molecular weight is 308 g/mol. The van der Waals surface area contributed by atoms with E-state index in [2.05, 4.69) is 10.6 Å². The van der Waals surface area contributed by atoms with Crippen molar-refractivity contribution in [2.24, 2.45) is 0 Å². The minimum absolute atomic E-state index is 0.0651. The summed E-state index contributed by atoms with van der Waals surface area (Å²) >= 11 is 0. The van der Waals surface area contributed by atoms with Gasteiger partial charge in [-0.3, -0.25) is 10.1 Å². The van der Waals surface area contributed by atoms with Crippen LogP contribution in [0.2, 0.25) is 0 Å². The van der Waals surface area contributed by atoms with Gasteiger partial charge in [-0.05, 0) is 39.0 Å². The predicted molar refractivity (Wildman–Crippen MR) is 81.5 cm³/mol. The maximum Gasteiger partial charge on any atom is 0.412 e. The highest BCUT2D eigenvalue weighted by molar-refractivity contribution is 5.86. The van der Waals surface area contributed by atoms with E-state index < -0.39 is 23.8 Å². The van der Waals surface area contributed by atoms with Crippen LogP contribution in [-0.4, -0.2) is 35.4 Å². The van der Waals surface area contributed by atoms with Crippen molar-refractivity contribution >= 4 is 23.4 Å². The first kappa shape index (κ1) is 15.9. The third kappa shape index (κ3) is 4.54. The first-order chi connectivity index (χ1) is 10.2. The van der Waals surface area contributed by atoms with Gasteiger partial charge in [0.1, 0.15) is 17.5 Å². The molecule has 7 nitrogen and oxygen atoms in total. The van der Waals surface area contributed by atoms with Crippen LogP contribution in [0.4, 0.5) is 16.2 Å². The molecule has 7 heteroatoms. The number of hydrogen-bond donors (Lipinski definition) is 3. The zero-order chi connectivity index (χ0) is 16.3. The Hall–Kier alpha value is -2.44. The Morgan fingerprint density at radius 2 is 2.18 bits per heavy atom. The SMILES string of the molecule is CC(C)(C)OC(=O)Nc1ccc2c(c1)NC[C@H](CC(=O)O)O2. The molecule has 1 aliphatic heterocycles. The average Bonchev–Trinajstić information content (AvgIpc) is 2.35. The molecule has 3 N–H and O–H groups in total. The second kappa shape index (κ2) is 6.13. The second-order valence-electron chi connectivity index (χ2n) is 6.06. The summed E-state index contributed by atoms with van der Waals surface area (Å²) < 4.78 is 10.8. The van der Waals surface area contributed by atoms with Crippen molar-refractivity contribution in [1.29, 1.82) is 0 Å². The van der Waals surface area contributed by atoms with Crippen LogP contribution in [0.15, 0.2) is 18.2 Å². The monoisotopic (exact) mass is 308 g/mol. The molecular formula is C15H20N2O5. The third-order valence-corrected chi connectivity index (χ3v) is 2.84. The number of carboxylic acid groups (broad SMARTS) is 1. The first-order valence-electron chi connectivity index (χ1n) is 6.99. The van der Waals surface area contributed by atoms with Gasteiger partial charge < -0.3 is 19.9 Å². The number of amides is 1.